The van der Waals surface area contributed by atoms with Crippen LogP contribution in [0.3, 0.4) is 0 Å². The van der Waals surface area contributed by atoms with E-state index < -0.39 is 29.5 Å². The zero-order valence-corrected chi connectivity index (χ0v) is 23.2. The molecule has 0 heterocycles. The average Bonchev–Trinajstić information content (AvgIpc) is 3.30. The van der Waals surface area contributed by atoms with Crippen molar-refractivity contribution in [3.63, 3.8) is 0 Å². The number of fused-ring (bicyclic) bond motifs is 3. The van der Waals surface area contributed by atoms with Crippen molar-refractivity contribution in [1.82, 2.24) is 5.32 Å². The van der Waals surface area contributed by atoms with E-state index in [0.29, 0.717) is 5.56 Å². The molecule has 0 bridgehead atoms. The third kappa shape index (κ3) is 6.09. The zero-order chi connectivity index (χ0) is 29.0. The second-order valence-electron chi connectivity index (χ2n) is 10.5. The predicted molar refractivity (Wildman–Crippen MR) is 154 cm³/mol. The maximum atomic E-state index is 15.1. The normalized spacial score (nSPS) is 13.1. The Morgan fingerprint density at radius 2 is 1.49 bits per heavy atom. The summed E-state index contributed by atoms with van der Waals surface area (Å²) in [4.78, 5) is 25.3. The summed E-state index contributed by atoms with van der Waals surface area (Å²) in [6, 6.07) is 29.0. The molecule has 0 radical (unpaired) electrons. The van der Waals surface area contributed by atoms with Gasteiger partial charge in [0.25, 0.3) is 0 Å². The molecule has 0 saturated carbocycles. The van der Waals surface area contributed by atoms with E-state index in [1.807, 2.05) is 80.6 Å². The van der Waals surface area contributed by atoms with Crippen LogP contribution in [0.1, 0.15) is 42.0 Å². The number of hydrogen-bond acceptors (Lipinski definition) is 5. The first-order valence-electron chi connectivity index (χ1n) is 13.5. The molecule has 4 aromatic carbocycles. The molecule has 0 aliphatic heterocycles. The molecule has 1 N–H and O–H groups in total. The molecule has 41 heavy (non-hydrogen) atoms. The molecule has 1 aliphatic carbocycles. The van der Waals surface area contributed by atoms with Gasteiger partial charge in [0.1, 0.15) is 18.2 Å². The molecule has 210 valence electrons. The van der Waals surface area contributed by atoms with Crippen molar-refractivity contribution >= 4 is 12.1 Å². The quantitative estimate of drug-likeness (QED) is 0.232. The van der Waals surface area contributed by atoms with Crippen LogP contribution in [0.2, 0.25) is 0 Å². The van der Waals surface area contributed by atoms with Crippen LogP contribution in [0.25, 0.3) is 11.1 Å². The lowest BCUT2D eigenvalue weighted by Gasteiger charge is -2.27. The van der Waals surface area contributed by atoms with Crippen molar-refractivity contribution in [2.75, 3.05) is 13.7 Å². The molecular weight excluding hydrogens is 521 g/mol. The van der Waals surface area contributed by atoms with Gasteiger partial charge in [-0.05, 0) is 59.4 Å². The van der Waals surface area contributed by atoms with E-state index >= 15 is 4.39 Å². The molecule has 0 saturated heterocycles. The van der Waals surface area contributed by atoms with E-state index in [2.05, 4.69) is 17.4 Å². The van der Waals surface area contributed by atoms with Crippen molar-refractivity contribution in [1.29, 1.82) is 0 Å². The highest BCUT2D eigenvalue weighted by Crippen LogP contribution is 2.44. The number of rotatable bonds is 9. The zero-order valence-electron chi connectivity index (χ0n) is 23.2. The molecule has 1 aliphatic rings. The fraction of sp³-hybridized carbons (Fsp3) is 0.235. The van der Waals surface area contributed by atoms with E-state index in [1.165, 1.54) is 19.2 Å². The van der Waals surface area contributed by atoms with Crippen molar-refractivity contribution in [3.05, 3.63) is 125 Å². The smallest absolute Gasteiger partial charge is 0.407 e. The third-order valence-electron chi connectivity index (χ3n) is 7.39. The first-order chi connectivity index (χ1) is 19.8. The number of carbonyl (C=O) groups is 2. The SMILES string of the molecule is COC(=O)C(Cc1ccc(OC(C)(C)c2ccccc2)c(F)c1)NC(=O)OCC1c2ccccc2-c2ccccc21. The highest BCUT2D eigenvalue weighted by atomic mass is 19.1. The number of hydrogen-bond donors (Lipinski definition) is 1. The lowest BCUT2D eigenvalue weighted by Crippen LogP contribution is -2.43. The van der Waals surface area contributed by atoms with E-state index in [1.54, 1.807) is 6.07 Å². The van der Waals surface area contributed by atoms with Gasteiger partial charge >= 0.3 is 12.1 Å². The number of halogens is 1. The van der Waals surface area contributed by atoms with Crippen molar-refractivity contribution in [2.24, 2.45) is 0 Å². The van der Waals surface area contributed by atoms with Crippen LogP contribution in [-0.4, -0.2) is 31.8 Å². The summed E-state index contributed by atoms with van der Waals surface area (Å²) in [5.41, 5.74) is 5.03. The van der Waals surface area contributed by atoms with Gasteiger partial charge in [0.2, 0.25) is 0 Å². The van der Waals surface area contributed by atoms with Gasteiger partial charge in [-0.15, -0.1) is 0 Å². The van der Waals surface area contributed by atoms with Crippen LogP contribution in [0, 0.1) is 5.82 Å². The van der Waals surface area contributed by atoms with Crippen LogP contribution in [0.5, 0.6) is 5.75 Å². The van der Waals surface area contributed by atoms with Crippen LogP contribution in [0.4, 0.5) is 9.18 Å². The Hall–Kier alpha value is -4.65. The van der Waals surface area contributed by atoms with Gasteiger partial charge in [-0.2, -0.15) is 0 Å². The summed E-state index contributed by atoms with van der Waals surface area (Å²) < 4.78 is 31.5. The highest BCUT2D eigenvalue weighted by molar-refractivity contribution is 5.82. The number of benzene rings is 4. The number of nitrogens with one attached hydrogen (secondary N) is 1. The Kier molecular flexibility index (Phi) is 8.06. The number of esters is 1. The topological polar surface area (TPSA) is 73.9 Å². The summed E-state index contributed by atoms with van der Waals surface area (Å²) >= 11 is 0. The molecule has 7 heteroatoms. The van der Waals surface area contributed by atoms with Crippen molar-refractivity contribution < 1.29 is 28.2 Å². The van der Waals surface area contributed by atoms with Gasteiger partial charge in [0.15, 0.2) is 11.6 Å². The molecular formula is C34H32FNO5. The van der Waals surface area contributed by atoms with Gasteiger partial charge in [-0.3, -0.25) is 0 Å². The number of alkyl carbamates (subject to hydrolysis) is 1. The van der Waals surface area contributed by atoms with Crippen LogP contribution in [0.15, 0.2) is 97.1 Å². The second kappa shape index (κ2) is 11.8. The van der Waals surface area contributed by atoms with Crippen molar-refractivity contribution in [3.8, 4) is 16.9 Å². The Labute approximate surface area is 239 Å². The fourth-order valence-corrected chi connectivity index (χ4v) is 5.28. The molecule has 1 amide bonds. The summed E-state index contributed by atoms with van der Waals surface area (Å²) in [7, 11) is 1.23. The number of methoxy groups -OCH3 is 1. The Bertz CT molecular complexity index is 1510. The highest BCUT2D eigenvalue weighted by Gasteiger charge is 2.30. The van der Waals surface area contributed by atoms with E-state index in [-0.39, 0.29) is 24.7 Å². The third-order valence-corrected chi connectivity index (χ3v) is 7.39. The van der Waals surface area contributed by atoms with Gasteiger partial charge in [0, 0.05) is 12.3 Å². The molecule has 4 aromatic rings. The van der Waals surface area contributed by atoms with Gasteiger partial charge in [-0.25, -0.2) is 14.0 Å². The van der Waals surface area contributed by atoms with E-state index in [4.69, 9.17) is 14.2 Å². The molecule has 6 nitrogen and oxygen atoms in total. The maximum Gasteiger partial charge on any atom is 0.407 e. The molecule has 0 fully saturated rings. The summed E-state index contributed by atoms with van der Waals surface area (Å²) in [5, 5.41) is 2.59. The second-order valence-corrected chi connectivity index (χ2v) is 10.5. The predicted octanol–water partition coefficient (Wildman–Crippen LogP) is 6.76. The summed E-state index contributed by atoms with van der Waals surface area (Å²) in [6.45, 7) is 3.83. The van der Waals surface area contributed by atoms with Crippen molar-refractivity contribution in [2.45, 2.75) is 37.8 Å². The Morgan fingerprint density at radius 1 is 0.878 bits per heavy atom. The van der Waals surface area contributed by atoms with Gasteiger partial charge in [0.05, 0.1) is 7.11 Å². The Morgan fingerprint density at radius 3 is 2.10 bits per heavy atom. The molecule has 0 aromatic heterocycles. The number of carbonyl (C=O) groups excluding carboxylic acids is 2. The lowest BCUT2D eigenvalue weighted by molar-refractivity contribution is -0.143. The fourth-order valence-electron chi connectivity index (χ4n) is 5.28. The summed E-state index contributed by atoms with van der Waals surface area (Å²) in [5.74, 6) is -1.27. The monoisotopic (exact) mass is 553 g/mol. The van der Waals surface area contributed by atoms with Crippen LogP contribution < -0.4 is 10.1 Å². The van der Waals surface area contributed by atoms with Gasteiger partial charge in [-0.1, -0.05) is 84.9 Å². The minimum atomic E-state index is -1.07. The van der Waals surface area contributed by atoms with Crippen LogP contribution >= 0.6 is 0 Å². The maximum absolute atomic E-state index is 15.1. The number of amides is 1. The molecule has 1 atom stereocenters. The minimum Gasteiger partial charge on any atom is -0.480 e. The largest absolute Gasteiger partial charge is 0.480 e. The molecule has 0 spiro atoms. The summed E-state index contributed by atoms with van der Waals surface area (Å²) in [6.07, 6.45) is -0.747. The number of ether oxygens (including phenoxy) is 3. The first kappa shape index (κ1) is 27.9. The first-order valence-corrected chi connectivity index (χ1v) is 13.5. The van der Waals surface area contributed by atoms with Gasteiger partial charge < -0.3 is 19.5 Å². The average molecular weight is 554 g/mol. The lowest BCUT2D eigenvalue weighted by atomic mass is 9.98. The molecule has 1 unspecified atom stereocenters. The van der Waals surface area contributed by atoms with E-state index in [9.17, 15) is 9.59 Å². The van der Waals surface area contributed by atoms with Crippen LogP contribution in [-0.2, 0) is 26.3 Å². The molecule has 5 rings (SSSR count). The minimum absolute atomic E-state index is 0.0101. The van der Waals surface area contributed by atoms with E-state index in [0.717, 1.165) is 27.8 Å². The standard InChI is InChI=1S/C34H32FNO5/c1-34(2,23-11-5-4-6-12-23)41-31-18-17-22(19-29(31)35)20-30(32(37)39-3)36-33(38)40-21-28-26-15-9-7-13-24(26)25-14-8-10-16-27(25)28/h4-19,28,30H,20-21H2,1-3H3,(H,36,38). The Balaban J connectivity index is 1.24.